The molecule has 2 aromatic rings. The Morgan fingerprint density at radius 1 is 1.59 bits per heavy atom. The van der Waals surface area contributed by atoms with Crippen LogP contribution in [-0.2, 0) is 9.47 Å². The van der Waals surface area contributed by atoms with Gasteiger partial charge in [0.1, 0.15) is 11.8 Å². The number of hydrogen-bond acceptors (Lipinski definition) is 8. The molecule has 0 radical (unpaired) electrons. The van der Waals surface area contributed by atoms with Gasteiger partial charge in [-0.2, -0.15) is 4.98 Å². The zero-order chi connectivity index (χ0) is 15.5. The second kappa shape index (κ2) is 4.49. The number of aromatic nitrogens is 4. The molecule has 0 unspecified atom stereocenters. The predicted octanol–water partition coefficient (Wildman–Crippen LogP) is -2.03. The minimum atomic E-state index is -1.17. The van der Waals surface area contributed by atoms with E-state index in [0.29, 0.717) is 0 Å². The Hall–Kier alpha value is -2.01. The van der Waals surface area contributed by atoms with Gasteiger partial charge in [0.05, 0.1) is 38.2 Å². The molecule has 2 fully saturated rings. The average molecular weight is 309 g/mol. The van der Waals surface area contributed by atoms with Crippen molar-refractivity contribution in [1.29, 1.82) is 0 Å². The molecule has 10 heteroatoms. The first-order valence-electron chi connectivity index (χ1n) is 6.82. The second-order valence-corrected chi connectivity index (χ2v) is 5.63. The number of hydrogen-bond donors (Lipinski definition) is 4. The molecule has 0 aromatic carbocycles. The fourth-order valence-electron chi connectivity index (χ4n) is 3.17. The van der Waals surface area contributed by atoms with Crippen molar-refractivity contribution < 1.29 is 19.7 Å². The van der Waals surface area contributed by atoms with E-state index in [1.807, 2.05) is 0 Å². The lowest BCUT2D eigenvalue weighted by atomic mass is 9.89. The van der Waals surface area contributed by atoms with Crippen molar-refractivity contribution >= 4 is 17.1 Å². The number of H-pyrrole nitrogens is 1. The van der Waals surface area contributed by atoms with Gasteiger partial charge in [0.2, 0.25) is 5.95 Å². The van der Waals surface area contributed by atoms with Gasteiger partial charge in [-0.05, 0) is 0 Å². The summed E-state index contributed by atoms with van der Waals surface area (Å²) in [5, 5.41) is 20.0. The summed E-state index contributed by atoms with van der Waals surface area (Å²) in [4.78, 5) is 22.3. The van der Waals surface area contributed by atoms with Gasteiger partial charge < -0.3 is 25.4 Å². The van der Waals surface area contributed by atoms with Crippen LogP contribution in [0.2, 0.25) is 0 Å². The number of nitrogens with one attached hydrogen (secondary N) is 1. The van der Waals surface area contributed by atoms with E-state index < -0.39 is 29.4 Å². The van der Waals surface area contributed by atoms with Crippen molar-refractivity contribution in [1.82, 2.24) is 19.5 Å². The third kappa shape index (κ3) is 1.66. The molecule has 0 amide bonds. The van der Waals surface area contributed by atoms with Gasteiger partial charge >= 0.3 is 0 Å². The molecule has 10 nitrogen and oxygen atoms in total. The molecule has 5 N–H and O–H groups in total. The zero-order valence-corrected chi connectivity index (χ0v) is 11.5. The maximum atomic E-state index is 11.8. The van der Waals surface area contributed by atoms with Gasteiger partial charge in [0, 0.05) is 0 Å². The highest BCUT2D eigenvalue weighted by molar-refractivity contribution is 5.70. The Labute approximate surface area is 123 Å². The lowest BCUT2D eigenvalue weighted by Gasteiger charge is -2.33. The minimum absolute atomic E-state index is 0.0334. The average Bonchev–Trinajstić information content (AvgIpc) is 2.94. The molecule has 118 valence electrons. The van der Waals surface area contributed by atoms with Gasteiger partial charge in [-0.1, -0.05) is 0 Å². The number of rotatable bonds is 2. The summed E-state index contributed by atoms with van der Waals surface area (Å²) in [5.74, 6) is -0.436. The molecule has 0 saturated carbocycles. The van der Waals surface area contributed by atoms with Gasteiger partial charge in [-0.3, -0.25) is 14.3 Å². The highest BCUT2D eigenvalue weighted by atomic mass is 16.6. The van der Waals surface area contributed by atoms with Crippen LogP contribution >= 0.6 is 0 Å². The summed E-state index contributed by atoms with van der Waals surface area (Å²) in [7, 11) is 0. The lowest BCUT2D eigenvalue weighted by molar-refractivity contribution is -0.163. The molecule has 4 heterocycles. The SMILES string of the molecule is Nc1nc2c(ncn2[C@@H]2O[C@@]3(CO)COC[C@@H]2[C@@H]3O)c(=O)[nH]1. The number of fused-ring (bicyclic) bond motifs is 3. The van der Waals surface area contributed by atoms with Gasteiger partial charge in [0.25, 0.3) is 5.56 Å². The zero-order valence-electron chi connectivity index (χ0n) is 11.5. The molecule has 2 aliphatic heterocycles. The summed E-state index contributed by atoms with van der Waals surface area (Å²) in [5.41, 5.74) is 4.35. The topological polar surface area (TPSA) is 149 Å². The predicted molar refractivity (Wildman–Crippen MR) is 72.8 cm³/mol. The minimum Gasteiger partial charge on any atom is -0.393 e. The normalized spacial score (nSPS) is 34.4. The smallest absolute Gasteiger partial charge is 0.280 e. The first-order valence-corrected chi connectivity index (χ1v) is 6.82. The van der Waals surface area contributed by atoms with Crippen molar-refractivity contribution in [3.05, 3.63) is 16.7 Å². The summed E-state index contributed by atoms with van der Waals surface area (Å²) >= 11 is 0. The van der Waals surface area contributed by atoms with Crippen LogP contribution in [0.1, 0.15) is 6.23 Å². The van der Waals surface area contributed by atoms with E-state index in [-0.39, 0.29) is 36.9 Å². The van der Waals surface area contributed by atoms with Crippen LogP contribution < -0.4 is 11.3 Å². The molecule has 2 bridgehead atoms. The van der Waals surface area contributed by atoms with Crippen molar-refractivity contribution in [2.24, 2.45) is 5.92 Å². The van der Waals surface area contributed by atoms with E-state index in [4.69, 9.17) is 15.2 Å². The van der Waals surface area contributed by atoms with Gasteiger partial charge in [-0.15, -0.1) is 0 Å². The van der Waals surface area contributed by atoms with Crippen LogP contribution in [0.15, 0.2) is 11.1 Å². The number of aromatic amines is 1. The first kappa shape index (κ1) is 13.6. The molecule has 0 aliphatic carbocycles. The van der Waals surface area contributed by atoms with Crippen molar-refractivity contribution in [3.63, 3.8) is 0 Å². The van der Waals surface area contributed by atoms with E-state index in [0.717, 1.165) is 0 Å². The maximum absolute atomic E-state index is 11.8. The van der Waals surface area contributed by atoms with Crippen LogP contribution in [0.4, 0.5) is 5.95 Å². The Bertz CT molecular complexity index is 788. The van der Waals surface area contributed by atoms with Gasteiger partial charge in [0.15, 0.2) is 11.2 Å². The number of nitrogens with zero attached hydrogens (tertiary/aromatic N) is 3. The molecule has 4 atom stereocenters. The van der Waals surface area contributed by atoms with Crippen molar-refractivity contribution in [2.75, 3.05) is 25.6 Å². The number of imidazole rings is 1. The van der Waals surface area contributed by atoms with E-state index >= 15 is 0 Å². The first-order chi connectivity index (χ1) is 10.6. The summed E-state index contributed by atoms with van der Waals surface area (Å²) in [6, 6.07) is 0. The van der Waals surface area contributed by atoms with E-state index in [1.165, 1.54) is 6.33 Å². The second-order valence-electron chi connectivity index (χ2n) is 5.63. The Kier molecular flexibility index (Phi) is 2.78. The van der Waals surface area contributed by atoms with Crippen LogP contribution in [0.5, 0.6) is 0 Å². The molecule has 2 saturated heterocycles. The summed E-state index contributed by atoms with van der Waals surface area (Å²) < 4.78 is 12.8. The third-order valence-corrected chi connectivity index (χ3v) is 4.32. The quantitative estimate of drug-likeness (QED) is 0.496. The van der Waals surface area contributed by atoms with Crippen molar-refractivity contribution in [3.8, 4) is 0 Å². The lowest BCUT2D eigenvalue weighted by Crippen LogP contribution is -2.52. The van der Waals surface area contributed by atoms with E-state index in [2.05, 4.69) is 15.0 Å². The summed E-state index contributed by atoms with van der Waals surface area (Å²) in [6.07, 6.45) is -0.119. The largest absolute Gasteiger partial charge is 0.393 e. The number of ether oxygens (including phenoxy) is 2. The van der Waals surface area contributed by atoms with E-state index in [1.54, 1.807) is 4.57 Å². The van der Waals surface area contributed by atoms with Crippen LogP contribution in [-0.4, -0.2) is 61.3 Å². The fourth-order valence-corrected chi connectivity index (χ4v) is 3.17. The van der Waals surface area contributed by atoms with Gasteiger partial charge in [-0.25, -0.2) is 4.98 Å². The third-order valence-electron chi connectivity index (χ3n) is 4.32. The number of aliphatic hydroxyl groups excluding tert-OH is 2. The van der Waals surface area contributed by atoms with Crippen LogP contribution in [0.3, 0.4) is 0 Å². The molecule has 4 rings (SSSR count). The number of nitrogen functional groups attached to an aromatic ring is 1. The molecular weight excluding hydrogens is 294 g/mol. The summed E-state index contributed by atoms with van der Waals surface area (Å²) in [6.45, 7) is -0.00365. The number of aliphatic hydroxyl groups is 2. The molecule has 22 heavy (non-hydrogen) atoms. The molecule has 2 aromatic heterocycles. The Morgan fingerprint density at radius 3 is 3.14 bits per heavy atom. The Balaban J connectivity index is 1.85. The highest BCUT2D eigenvalue weighted by Crippen LogP contribution is 2.45. The maximum Gasteiger partial charge on any atom is 0.280 e. The van der Waals surface area contributed by atoms with Crippen LogP contribution in [0, 0.1) is 5.92 Å². The standard InChI is InChI=1S/C12H15N5O5/c13-11-15-8-6(9(20)16-11)14-4-17(8)10-5-1-21-3-12(2-18,22-10)7(5)19/h4-5,7,10,18-19H,1-3H2,(H3,13,15,16,20)/t5-,7+,10-,12+/m1/s1. The monoisotopic (exact) mass is 309 g/mol. The fraction of sp³-hybridized carbons (Fsp3) is 0.583. The van der Waals surface area contributed by atoms with Crippen molar-refractivity contribution in [2.45, 2.75) is 17.9 Å². The molecule has 0 spiro atoms. The Morgan fingerprint density at radius 2 is 2.41 bits per heavy atom. The van der Waals surface area contributed by atoms with E-state index in [9.17, 15) is 15.0 Å². The molecular formula is C12H15N5O5. The highest BCUT2D eigenvalue weighted by Gasteiger charge is 2.58. The van der Waals surface area contributed by atoms with Crippen LogP contribution in [0.25, 0.3) is 11.2 Å². The number of anilines is 1. The molecule has 2 aliphatic rings. The number of nitrogens with two attached hydrogens (primary N) is 1.